The Labute approximate surface area is 161 Å². The van der Waals surface area contributed by atoms with Crippen molar-refractivity contribution < 1.29 is 19.1 Å². The molecule has 28 heavy (non-hydrogen) atoms. The van der Waals surface area contributed by atoms with Crippen LogP contribution in [0.2, 0.25) is 0 Å². The molecule has 0 unspecified atom stereocenters. The molecule has 0 aliphatic carbocycles. The molecule has 0 fully saturated rings. The number of hydrogen-bond donors (Lipinski definition) is 1. The lowest BCUT2D eigenvalue weighted by Gasteiger charge is -2.12. The van der Waals surface area contributed by atoms with E-state index < -0.39 is 12.1 Å². The van der Waals surface area contributed by atoms with Crippen molar-refractivity contribution in [1.82, 2.24) is 14.8 Å². The summed E-state index contributed by atoms with van der Waals surface area (Å²) in [5.41, 5.74) is 1.85. The monoisotopic (exact) mass is 380 g/mol. The SMILES string of the molecule is C=CCOC(=O)Nc1c(C(=O)OCC)cnn1-c1cc(C)c2ccccc2n1. The third-order valence-corrected chi connectivity index (χ3v) is 3.94. The van der Waals surface area contributed by atoms with E-state index in [-0.39, 0.29) is 24.6 Å². The van der Waals surface area contributed by atoms with Gasteiger partial charge >= 0.3 is 12.1 Å². The number of pyridine rings is 1. The highest BCUT2D eigenvalue weighted by molar-refractivity contribution is 5.99. The summed E-state index contributed by atoms with van der Waals surface area (Å²) in [6, 6.07) is 9.50. The standard InChI is InChI=1S/C20H20N4O4/c1-4-10-28-20(26)23-18-15(19(25)27-5-2)12-21-24(18)17-11-13(3)14-8-6-7-9-16(14)22-17/h4,6-9,11-12H,1,5,10H2,2-3H3,(H,23,26). The molecule has 2 heterocycles. The highest BCUT2D eigenvalue weighted by Gasteiger charge is 2.23. The number of aryl methyl sites for hydroxylation is 1. The predicted molar refractivity (Wildman–Crippen MR) is 105 cm³/mol. The van der Waals surface area contributed by atoms with Gasteiger partial charge in [-0.2, -0.15) is 9.78 Å². The first-order valence-corrected chi connectivity index (χ1v) is 8.71. The Morgan fingerprint density at radius 2 is 2.07 bits per heavy atom. The number of rotatable bonds is 6. The number of anilines is 1. The Morgan fingerprint density at radius 1 is 1.29 bits per heavy atom. The van der Waals surface area contributed by atoms with Crippen LogP contribution in [0.4, 0.5) is 10.6 Å². The summed E-state index contributed by atoms with van der Waals surface area (Å²) in [7, 11) is 0. The summed E-state index contributed by atoms with van der Waals surface area (Å²) >= 11 is 0. The van der Waals surface area contributed by atoms with E-state index in [4.69, 9.17) is 9.47 Å². The number of nitrogens with one attached hydrogen (secondary N) is 1. The summed E-state index contributed by atoms with van der Waals surface area (Å²) in [6.07, 6.45) is 2.02. The maximum absolute atomic E-state index is 12.3. The molecule has 0 aliphatic heterocycles. The van der Waals surface area contributed by atoms with Gasteiger partial charge in [0.15, 0.2) is 11.6 Å². The molecule has 1 N–H and O–H groups in total. The molecule has 0 atom stereocenters. The average molecular weight is 380 g/mol. The molecule has 8 heteroatoms. The first kappa shape index (κ1) is 19.1. The van der Waals surface area contributed by atoms with E-state index >= 15 is 0 Å². The molecule has 0 radical (unpaired) electrons. The fourth-order valence-electron chi connectivity index (χ4n) is 2.71. The number of hydrogen-bond acceptors (Lipinski definition) is 6. The van der Waals surface area contributed by atoms with Crippen LogP contribution in [0.5, 0.6) is 0 Å². The smallest absolute Gasteiger partial charge is 0.413 e. The molecule has 1 aromatic carbocycles. The van der Waals surface area contributed by atoms with Crippen molar-refractivity contribution in [2.24, 2.45) is 0 Å². The Bertz CT molecular complexity index is 1040. The largest absolute Gasteiger partial charge is 0.462 e. The number of carbonyl (C=O) groups is 2. The molecule has 0 aliphatic rings. The Balaban J connectivity index is 2.08. The van der Waals surface area contributed by atoms with Crippen molar-refractivity contribution in [2.45, 2.75) is 13.8 Å². The Hall–Kier alpha value is -3.68. The molecule has 144 valence electrons. The van der Waals surface area contributed by atoms with Crippen LogP contribution in [-0.4, -0.2) is 40.0 Å². The Kier molecular flexibility index (Phi) is 5.69. The lowest BCUT2D eigenvalue weighted by molar-refractivity contribution is 0.0527. The van der Waals surface area contributed by atoms with Crippen molar-refractivity contribution in [1.29, 1.82) is 0 Å². The number of carbonyl (C=O) groups excluding carboxylic acids is 2. The van der Waals surface area contributed by atoms with Crippen molar-refractivity contribution in [2.75, 3.05) is 18.5 Å². The lowest BCUT2D eigenvalue weighted by atomic mass is 10.1. The molecule has 0 saturated heterocycles. The molecule has 3 rings (SSSR count). The second-order valence-electron chi connectivity index (χ2n) is 5.87. The van der Waals surface area contributed by atoms with Gasteiger partial charge in [0.05, 0.1) is 18.3 Å². The number of ether oxygens (including phenoxy) is 2. The number of fused-ring (bicyclic) bond motifs is 1. The molecule has 1 amide bonds. The topological polar surface area (TPSA) is 95.3 Å². The molecule has 0 bridgehead atoms. The first-order chi connectivity index (χ1) is 13.5. The highest BCUT2D eigenvalue weighted by atomic mass is 16.5. The number of esters is 1. The van der Waals surface area contributed by atoms with Gasteiger partial charge in [0.25, 0.3) is 0 Å². The lowest BCUT2D eigenvalue weighted by Crippen LogP contribution is -2.19. The van der Waals surface area contributed by atoms with Gasteiger partial charge in [0.1, 0.15) is 12.2 Å². The number of aromatic nitrogens is 3. The second kappa shape index (κ2) is 8.34. The summed E-state index contributed by atoms with van der Waals surface area (Å²) in [5.74, 6) is -0.0363. The molecule has 0 spiro atoms. The van der Waals surface area contributed by atoms with Crippen LogP contribution in [0.3, 0.4) is 0 Å². The van der Waals surface area contributed by atoms with Gasteiger partial charge in [0, 0.05) is 5.39 Å². The third kappa shape index (κ3) is 3.85. The first-order valence-electron chi connectivity index (χ1n) is 8.71. The molecule has 3 aromatic rings. The van der Waals surface area contributed by atoms with Gasteiger partial charge in [-0.05, 0) is 31.5 Å². The van der Waals surface area contributed by atoms with Gasteiger partial charge in [-0.25, -0.2) is 14.6 Å². The van der Waals surface area contributed by atoms with Crippen molar-refractivity contribution in [3.8, 4) is 5.82 Å². The molecule has 8 nitrogen and oxygen atoms in total. The molecule has 0 saturated carbocycles. The van der Waals surface area contributed by atoms with Gasteiger partial charge < -0.3 is 9.47 Å². The minimum Gasteiger partial charge on any atom is -0.462 e. The summed E-state index contributed by atoms with van der Waals surface area (Å²) in [5, 5.41) is 7.79. The van der Waals surface area contributed by atoms with Crippen molar-refractivity contribution in [3.63, 3.8) is 0 Å². The van der Waals surface area contributed by atoms with Crippen LogP contribution in [-0.2, 0) is 9.47 Å². The van der Waals surface area contributed by atoms with Crippen LogP contribution in [0.25, 0.3) is 16.7 Å². The van der Waals surface area contributed by atoms with Crippen molar-refractivity contribution in [3.05, 3.63) is 60.3 Å². The minimum atomic E-state index is -0.746. The van der Waals surface area contributed by atoms with Crippen LogP contribution in [0, 0.1) is 6.92 Å². The quantitative estimate of drug-likeness (QED) is 0.518. The maximum atomic E-state index is 12.3. The zero-order valence-corrected chi connectivity index (χ0v) is 15.6. The van der Waals surface area contributed by atoms with Crippen LogP contribution >= 0.6 is 0 Å². The maximum Gasteiger partial charge on any atom is 0.413 e. The van der Waals surface area contributed by atoms with E-state index in [9.17, 15) is 9.59 Å². The second-order valence-corrected chi connectivity index (χ2v) is 5.87. The highest BCUT2D eigenvalue weighted by Crippen LogP contribution is 2.24. The van der Waals surface area contributed by atoms with E-state index in [0.717, 1.165) is 16.5 Å². The zero-order valence-electron chi connectivity index (χ0n) is 15.6. The van der Waals surface area contributed by atoms with E-state index in [1.54, 1.807) is 6.92 Å². The number of amides is 1. The number of para-hydroxylation sites is 1. The summed E-state index contributed by atoms with van der Waals surface area (Å²) in [6.45, 7) is 7.37. The van der Waals surface area contributed by atoms with Crippen LogP contribution in [0.15, 0.2) is 49.2 Å². The summed E-state index contributed by atoms with van der Waals surface area (Å²) < 4.78 is 11.4. The summed E-state index contributed by atoms with van der Waals surface area (Å²) in [4.78, 5) is 28.9. The third-order valence-electron chi connectivity index (χ3n) is 3.94. The number of nitrogens with zero attached hydrogens (tertiary/aromatic N) is 3. The minimum absolute atomic E-state index is 0.0298. The predicted octanol–water partition coefficient (Wildman–Crippen LogP) is 3.64. The van der Waals surface area contributed by atoms with E-state index in [2.05, 4.69) is 22.0 Å². The fourth-order valence-corrected chi connectivity index (χ4v) is 2.71. The normalized spacial score (nSPS) is 10.5. The van der Waals surface area contributed by atoms with E-state index in [1.807, 2.05) is 37.3 Å². The molecular formula is C20H20N4O4. The van der Waals surface area contributed by atoms with Gasteiger partial charge in [-0.1, -0.05) is 30.9 Å². The van der Waals surface area contributed by atoms with E-state index in [0.29, 0.717) is 5.82 Å². The average Bonchev–Trinajstić information content (AvgIpc) is 3.10. The van der Waals surface area contributed by atoms with E-state index in [1.165, 1.54) is 17.0 Å². The van der Waals surface area contributed by atoms with Gasteiger partial charge in [0.2, 0.25) is 0 Å². The number of benzene rings is 1. The molecule has 2 aromatic heterocycles. The van der Waals surface area contributed by atoms with Crippen LogP contribution in [0.1, 0.15) is 22.8 Å². The van der Waals surface area contributed by atoms with Gasteiger partial charge in [-0.3, -0.25) is 5.32 Å². The van der Waals surface area contributed by atoms with Crippen molar-refractivity contribution >= 4 is 28.8 Å². The molecular weight excluding hydrogens is 360 g/mol. The Morgan fingerprint density at radius 3 is 2.82 bits per heavy atom. The fraction of sp³-hybridized carbons (Fsp3) is 0.200. The van der Waals surface area contributed by atoms with Gasteiger partial charge in [-0.15, -0.1) is 0 Å². The zero-order chi connectivity index (χ0) is 20.1. The van der Waals surface area contributed by atoms with Crippen LogP contribution < -0.4 is 5.32 Å².